The lowest BCUT2D eigenvalue weighted by molar-refractivity contribution is 0.317. The van der Waals surface area contributed by atoms with Gasteiger partial charge in [-0.1, -0.05) is 18.2 Å². The molecule has 2 N–H and O–H groups in total. The zero-order chi connectivity index (χ0) is 11.7. The number of nitrogens with zero attached hydrogens (tertiary/aromatic N) is 1. The van der Waals surface area contributed by atoms with Crippen molar-refractivity contribution in [2.75, 3.05) is 13.1 Å². The maximum Gasteiger partial charge on any atom is 0.120 e. The largest absolute Gasteiger partial charge is 0.508 e. The molecule has 1 aromatic rings. The van der Waals surface area contributed by atoms with Crippen LogP contribution >= 0.6 is 0 Å². The highest BCUT2D eigenvalue weighted by Gasteiger charge is 2.34. The Bertz CT molecular complexity index is 390. The summed E-state index contributed by atoms with van der Waals surface area (Å²) in [5.74, 6) is 0.400. The number of benzene rings is 1. The minimum absolute atomic E-state index is 0.400. The van der Waals surface area contributed by atoms with Crippen molar-refractivity contribution in [3.05, 3.63) is 29.8 Å². The molecule has 1 aromatic carbocycles. The number of phenolic OH excluding ortho intramolecular Hbond substituents is 1. The Morgan fingerprint density at radius 2 is 2.06 bits per heavy atom. The van der Waals surface area contributed by atoms with Crippen LogP contribution in [0.3, 0.4) is 0 Å². The van der Waals surface area contributed by atoms with Crippen LogP contribution in [0.15, 0.2) is 24.3 Å². The number of phenols is 1. The summed E-state index contributed by atoms with van der Waals surface area (Å²) in [5, 5.41) is 13.2. The van der Waals surface area contributed by atoms with E-state index in [4.69, 9.17) is 0 Å². The van der Waals surface area contributed by atoms with Gasteiger partial charge in [0.1, 0.15) is 5.75 Å². The molecule has 0 spiro atoms. The van der Waals surface area contributed by atoms with E-state index in [1.165, 1.54) is 32.4 Å². The fourth-order valence-electron chi connectivity index (χ4n) is 2.64. The summed E-state index contributed by atoms with van der Waals surface area (Å²) in [6.07, 6.45) is 4.03. The lowest BCUT2D eigenvalue weighted by atomic mass is 10.2. The molecule has 2 aliphatic rings. The molecule has 1 saturated carbocycles. The molecular formula is C14H20N2O. The standard InChI is InChI=1S/C14H20N2O/c17-14-4-2-1-3-11(14)9-15-12-7-8-16(10-12)13-5-6-13/h1-4,12-13,15,17H,5-10H2. The van der Waals surface area contributed by atoms with Crippen molar-refractivity contribution in [1.29, 1.82) is 0 Å². The quantitative estimate of drug-likeness (QED) is 0.829. The van der Waals surface area contributed by atoms with Gasteiger partial charge in [0, 0.05) is 37.3 Å². The predicted octanol–water partition coefficient (Wildman–Crippen LogP) is 1.72. The van der Waals surface area contributed by atoms with E-state index >= 15 is 0 Å². The molecule has 1 atom stereocenters. The SMILES string of the molecule is Oc1ccccc1CNC1CCN(C2CC2)C1. The molecule has 3 heteroatoms. The zero-order valence-electron chi connectivity index (χ0n) is 10.1. The molecule has 1 aliphatic heterocycles. The van der Waals surface area contributed by atoms with Crippen molar-refractivity contribution in [2.45, 2.75) is 37.9 Å². The van der Waals surface area contributed by atoms with Crippen LogP contribution in [0.25, 0.3) is 0 Å². The lowest BCUT2D eigenvalue weighted by Gasteiger charge is -2.16. The van der Waals surface area contributed by atoms with E-state index in [0.717, 1.165) is 18.2 Å². The van der Waals surface area contributed by atoms with Gasteiger partial charge in [-0.2, -0.15) is 0 Å². The number of aromatic hydroxyl groups is 1. The minimum atomic E-state index is 0.400. The smallest absolute Gasteiger partial charge is 0.120 e. The average molecular weight is 232 g/mol. The highest BCUT2D eigenvalue weighted by molar-refractivity contribution is 5.31. The molecule has 1 unspecified atom stereocenters. The zero-order valence-corrected chi connectivity index (χ0v) is 10.1. The van der Waals surface area contributed by atoms with Crippen molar-refractivity contribution in [3.63, 3.8) is 0 Å². The van der Waals surface area contributed by atoms with Crippen molar-refractivity contribution in [2.24, 2.45) is 0 Å². The number of rotatable bonds is 4. The van der Waals surface area contributed by atoms with E-state index in [2.05, 4.69) is 10.2 Å². The summed E-state index contributed by atoms with van der Waals surface area (Å²) < 4.78 is 0. The number of likely N-dealkylation sites (tertiary alicyclic amines) is 1. The Morgan fingerprint density at radius 1 is 1.24 bits per heavy atom. The fourth-order valence-corrected chi connectivity index (χ4v) is 2.64. The van der Waals surface area contributed by atoms with Crippen LogP contribution in [0.1, 0.15) is 24.8 Å². The van der Waals surface area contributed by atoms with Crippen molar-refractivity contribution >= 4 is 0 Å². The van der Waals surface area contributed by atoms with Crippen LogP contribution in [-0.4, -0.2) is 35.2 Å². The van der Waals surface area contributed by atoms with Crippen molar-refractivity contribution in [3.8, 4) is 5.75 Å². The predicted molar refractivity (Wildman–Crippen MR) is 67.9 cm³/mol. The molecule has 1 aliphatic carbocycles. The molecule has 1 heterocycles. The van der Waals surface area contributed by atoms with Crippen LogP contribution in [0.4, 0.5) is 0 Å². The topological polar surface area (TPSA) is 35.5 Å². The number of para-hydroxylation sites is 1. The number of hydrogen-bond donors (Lipinski definition) is 2. The summed E-state index contributed by atoms with van der Waals surface area (Å²) in [6.45, 7) is 3.19. The first-order valence-electron chi connectivity index (χ1n) is 6.57. The summed E-state index contributed by atoms with van der Waals surface area (Å²) in [5.41, 5.74) is 0.998. The van der Waals surface area contributed by atoms with Gasteiger partial charge < -0.3 is 10.4 Å². The molecule has 0 aromatic heterocycles. The van der Waals surface area contributed by atoms with Gasteiger partial charge in [-0.25, -0.2) is 0 Å². The third-order valence-electron chi connectivity index (χ3n) is 3.86. The number of hydrogen-bond acceptors (Lipinski definition) is 3. The van der Waals surface area contributed by atoms with Crippen LogP contribution in [0, 0.1) is 0 Å². The second-order valence-electron chi connectivity index (χ2n) is 5.22. The van der Waals surface area contributed by atoms with Crippen LogP contribution < -0.4 is 5.32 Å². The molecule has 92 valence electrons. The lowest BCUT2D eigenvalue weighted by Crippen LogP contribution is -2.32. The summed E-state index contributed by atoms with van der Waals surface area (Å²) in [4.78, 5) is 2.60. The molecule has 3 rings (SSSR count). The molecule has 17 heavy (non-hydrogen) atoms. The van der Waals surface area contributed by atoms with Gasteiger partial charge in [-0.15, -0.1) is 0 Å². The van der Waals surface area contributed by atoms with E-state index in [1.807, 2.05) is 18.2 Å². The summed E-state index contributed by atoms with van der Waals surface area (Å²) in [6, 6.07) is 9.05. The van der Waals surface area contributed by atoms with E-state index in [1.54, 1.807) is 6.07 Å². The highest BCUT2D eigenvalue weighted by atomic mass is 16.3. The third-order valence-corrected chi connectivity index (χ3v) is 3.86. The monoisotopic (exact) mass is 232 g/mol. The summed E-state index contributed by atoms with van der Waals surface area (Å²) in [7, 11) is 0. The van der Waals surface area contributed by atoms with Crippen LogP contribution in [0.2, 0.25) is 0 Å². The Kier molecular flexibility index (Phi) is 3.04. The van der Waals surface area contributed by atoms with E-state index in [9.17, 15) is 5.11 Å². The minimum Gasteiger partial charge on any atom is -0.508 e. The molecule has 0 bridgehead atoms. The van der Waals surface area contributed by atoms with Gasteiger partial charge in [0.25, 0.3) is 0 Å². The maximum atomic E-state index is 9.68. The summed E-state index contributed by atoms with van der Waals surface area (Å²) >= 11 is 0. The average Bonchev–Trinajstić information content (AvgIpc) is 3.08. The van der Waals surface area contributed by atoms with Crippen molar-refractivity contribution in [1.82, 2.24) is 10.2 Å². The Balaban J connectivity index is 1.50. The molecular weight excluding hydrogens is 212 g/mol. The van der Waals surface area contributed by atoms with E-state index in [-0.39, 0.29) is 0 Å². The normalized spacial score (nSPS) is 25.3. The second-order valence-corrected chi connectivity index (χ2v) is 5.22. The molecule has 1 saturated heterocycles. The molecule has 0 amide bonds. The first kappa shape index (κ1) is 11.1. The maximum absolute atomic E-state index is 9.68. The van der Waals surface area contributed by atoms with Crippen molar-refractivity contribution < 1.29 is 5.11 Å². The number of nitrogens with one attached hydrogen (secondary N) is 1. The highest BCUT2D eigenvalue weighted by Crippen LogP contribution is 2.29. The van der Waals surface area contributed by atoms with Crippen LogP contribution in [0.5, 0.6) is 5.75 Å². The van der Waals surface area contributed by atoms with Gasteiger partial charge in [0.05, 0.1) is 0 Å². The molecule has 2 fully saturated rings. The first-order chi connectivity index (χ1) is 8.33. The van der Waals surface area contributed by atoms with Gasteiger partial charge >= 0.3 is 0 Å². The fraction of sp³-hybridized carbons (Fsp3) is 0.571. The first-order valence-corrected chi connectivity index (χ1v) is 6.57. The van der Waals surface area contributed by atoms with Gasteiger partial charge in [0.2, 0.25) is 0 Å². The third kappa shape index (κ3) is 2.61. The van der Waals surface area contributed by atoms with Gasteiger partial charge in [0.15, 0.2) is 0 Å². The van der Waals surface area contributed by atoms with E-state index in [0.29, 0.717) is 11.8 Å². The van der Waals surface area contributed by atoms with Gasteiger partial charge in [-0.3, -0.25) is 4.90 Å². The molecule has 3 nitrogen and oxygen atoms in total. The Labute approximate surface area is 102 Å². The Hall–Kier alpha value is -1.06. The van der Waals surface area contributed by atoms with Crippen LogP contribution in [-0.2, 0) is 6.54 Å². The second kappa shape index (κ2) is 4.67. The molecule has 0 radical (unpaired) electrons. The Morgan fingerprint density at radius 3 is 2.82 bits per heavy atom. The van der Waals surface area contributed by atoms with Gasteiger partial charge in [-0.05, 0) is 25.3 Å². The van der Waals surface area contributed by atoms with E-state index < -0.39 is 0 Å².